The number of fused-ring (bicyclic) bond motifs is 1. The molecule has 0 amide bonds. The quantitative estimate of drug-likeness (QED) is 0.391. The monoisotopic (exact) mass is 457 g/mol. The summed E-state index contributed by atoms with van der Waals surface area (Å²) in [5.74, 6) is -0.590. The number of hydrogen-bond acceptors (Lipinski definition) is 5. The molecule has 0 bridgehead atoms. The van der Waals surface area contributed by atoms with Crippen LogP contribution in [-0.2, 0) is 11.2 Å². The smallest absolute Gasteiger partial charge is 0.371 e. The second-order valence-electron chi connectivity index (χ2n) is 7.46. The second-order valence-corrected chi connectivity index (χ2v) is 7.46. The van der Waals surface area contributed by atoms with Crippen molar-refractivity contribution in [1.29, 1.82) is 0 Å². The van der Waals surface area contributed by atoms with Crippen LogP contribution in [0.2, 0.25) is 0 Å². The minimum Gasteiger partial charge on any atom is -0.371 e. The Morgan fingerprint density at radius 2 is 1.91 bits per heavy atom. The highest BCUT2D eigenvalue weighted by molar-refractivity contribution is 5.81. The van der Waals surface area contributed by atoms with Crippen LogP contribution in [0.15, 0.2) is 55.0 Å². The lowest BCUT2D eigenvalue weighted by molar-refractivity contribution is -0.143. The lowest BCUT2D eigenvalue weighted by atomic mass is 10.0. The molecule has 1 N–H and O–H groups in total. The third kappa shape index (κ3) is 5.16. The summed E-state index contributed by atoms with van der Waals surface area (Å²) < 4.78 is 52.6. The van der Waals surface area contributed by atoms with Gasteiger partial charge in [-0.1, -0.05) is 18.2 Å². The van der Waals surface area contributed by atoms with E-state index in [0.29, 0.717) is 22.6 Å². The maximum Gasteiger partial charge on any atom is 0.389 e. The number of halogens is 4. The number of carbonyl (C=O) groups is 1. The highest BCUT2D eigenvalue weighted by Gasteiger charge is 2.27. The van der Waals surface area contributed by atoms with Crippen molar-refractivity contribution in [1.82, 2.24) is 19.4 Å². The van der Waals surface area contributed by atoms with Crippen molar-refractivity contribution in [3.63, 3.8) is 0 Å². The van der Waals surface area contributed by atoms with Crippen molar-refractivity contribution < 1.29 is 22.4 Å². The molecule has 0 atom stereocenters. The van der Waals surface area contributed by atoms with Gasteiger partial charge in [-0.25, -0.2) is 19.3 Å². The van der Waals surface area contributed by atoms with E-state index in [9.17, 15) is 22.4 Å². The fourth-order valence-corrected chi connectivity index (χ4v) is 3.45. The molecule has 0 unspecified atom stereocenters. The molecule has 3 aromatic heterocycles. The number of pyridine rings is 1. The van der Waals surface area contributed by atoms with E-state index in [-0.39, 0.29) is 12.2 Å². The Bertz CT molecular complexity index is 1320. The molecule has 0 radical (unpaired) electrons. The molecule has 0 aliphatic heterocycles. The minimum absolute atomic E-state index is 0.0689. The van der Waals surface area contributed by atoms with E-state index in [4.69, 9.17) is 0 Å². The number of hydrogen-bond donors (Lipinski definition) is 1. The molecule has 3 heterocycles. The third-order valence-corrected chi connectivity index (χ3v) is 5.06. The van der Waals surface area contributed by atoms with E-state index in [2.05, 4.69) is 20.3 Å². The number of rotatable bonds is 7. The predicted molar refractivity (Wildman–Crippen MR) is 115 cm³/mol. The number of carbonyl (C=O) groups excluding carboxylic acids is 1. The van der Waals surface area contributed by atoms with Gasteiger partial charge in [0, 0.05) is 37.2 Å². The number of Topliss-reactive ketones (excluding diaryl/α,β-unsaturated/α-hetero) is 1. The molecule has 0 fully saturated rings. The standard InChI is InChI=1S/C23H19F4N5O/c1-28-22-18(24)12-30-21(31-22)16-6-8-32-19(13-29-20(32)11-16)15-4-2-3-14(9-15)10-17(33)5-7-23(25,26)27/h2-4,6,8-9,11-13H,5,7,10H2,1H3,(H,28,30,31). The van der Waals surface area contributed by atoms with Gasteiger partial charge in [-0.15, -0.1) is 0 Å². The summed E-state index contributed by atoms with van der Waals surface area (Å²) in [7, 11) is 1.57. The summed E-state index contributed by atoms with van der Waals surface area (Å²) >= 11 is 0. The van der Waals surface area contributed by atoms with Crippen molar-refractivity contribution in [3.05, 3.63) is 66.4 Å². The molecule has 6 nitrogen and oxygen atoms in total. The summed E-state index contributed by atoms with van der Waals surface area (Å²) in [6.45, 7) is 0. The van der Waals surface area contributed by atoms with E-state index < -0.39 is 30.6 Å². The summed E-state index contributed by atoms with van der Waals surface area (Å²) in [5.41, 5.74) is 3.41. The van der Waals surface area contributed by atoms with Crippen molar-refractivity contribution >= 4 is 17.2 Å². The average Bonchev–Trinajstić information content (AvgIpc) is 3.21. The van der Waals surface area contributed by atoms with Gasteiger partial charge < -0.3 is 5.32 Å². The Kier molecular flexibility index (Phi) is 6.08. The molecule has 0 saturated carbocycles. The number of aromatic nitrogens is 4. The molecule has 4 rings (SSSR count). The average molecular weight is 457 g/mol. The SMILES string of the molecule is CNc1nc(-c2ccn3c(-c4cccc(CC(=O)CCC(F)(F)F)c4)cnc3c2)ncc1F. The molecular weight excluding hydrogens is 438 g/mol. The Morgan fingerprint density at radius 3 is 2.67 bits per heavy atom. The van der Waals surface area contributed by atoms with Crippen LogP contribution >= 0.6 is 0 Å². The molecule has 0 aliphatic rings. The van der Waals surface area contributed by atoms with E-state index in [1.165, 1.54) is 0 Å². The predicted octanol–water partition coefficient (Wildman–Crippen LogP) is 5.09. The van der Waals surface area contributed by atoms with Gasteiger partial charge in [0.25, 0.3) is 0 Å². The highest BCUT2D eigenvalue weighted by Crippen LogP contribution is 2.26. The Labute approximate surface area is 186 Å². The van der Waals surface area contributed by atoms with Gasteiger partial charge >= 0.3 is 6.18 Å². The molecule has 0 aliphatic carbocycles. The van der Waals surface area contributed by atoms with Crippen LogP contribution in [0.25, 0.3) is 28.3 Å². The highest BCUT2D eigenvalue weighted by atomic mass is 19.4. The van der Waals surface area contributed by atoms with Crippen LogP contribution in [0.4, 0.5) is 23.4 Å². The zero-order chi connectivity index (χ0) is 23.6. The summed E-state index contributed by atoms with van der Waals surface area (Å²) in [4.78, 5) is 24.6. The van der Waals surface area contributed by atoms with Crippen molar-refractivity contribution in [2.45, 2.75) is 25.4 Å². The fraction of sp³-hybridized carbons (Fsp3) is 0.217. The molecule has 0 spiro atoms. The van der Waals surface area contributed by atoms with Gasteiger partial charge in [-0.3, -0.25) is 9.20 Å². The van der Waals surface area contributed by atoms with Crippen molar-refractivity contribution in [2.75, 3.05) is 12.4 Å². The van der Waals surface area contributed by atoms with Gasteiger partial charge in [-0.2, -0.15) is 13.2 Å². The summed E-state index contributed by atoms with van der Waals surface area (Å²) in [5, 5.41) is 2.68. The number of nitrogens with one attached hydrogen (secondary N) is 1. The molecular formula is C23H19F4N5O. The number of ketones is 1. The number of nitrogens with zero attached hydrogens (tertiary/aromatic N) is 4. The van der Waals surface area contributed by atoms with Gasteiger partial charge in [0.1, 0.15) is 11.4 Å². The summed E-state index contributed by atoms with van der Waals surface area (Å²) in [6.07, 6.45) is -1.53. The molecule has 33 heavy (non-hydrogen) atoms. The Morgan fingerprint density at radius 1 is 1.09 bits per heavy atom. The molecule has 10 heteroatoms. The first-order valence-corrected chi connectivity index (χ1v) is 10.1. The van der Waals surface area contributed by atoms with Crippen LogP contribution in [0.1, 0.15) is 18.4 Å². The van der Waals surface area contributed by atoms with Crippen LogP contribution < -0.4 is 5.32 Å². The van der Waals surface area contributed by atoms with Crippen molar-refractivity contribution in [3.8, 4) is 22.6 Å². The zero-order valence-corrected chi connectivity index (χ0v) is 17.5. The maximum absolute atomic E-state index is 13.7. The first-order chi connectivity index (χ1) is 15.7. The van der Waals surface area contributed by atoms with E-state index in [0.717, 1.165) is 17.5 Å². The second kappa shape index (κ2) is 8.97. The van der Waals surface area contributed by atoms with Crippen molar-refractivity contribution in [2.24, 2.45) is 0 Å². The number of benzene rings is 1. The van der Waals surface area contributed by atoms with Gasteiger partial charge in [0.05, 0.1) is 24.5 Å². The van der Waals surface area contributed by atoms with E-state index >= 15 is 0 Å². The molecule has 4 aromatic rings. The number of anilines is 1. The summed E-state index contributed by atoms with van der Waals surface area (Å²) in [6, 6.07) is 10.6. The zero-order valence-electron chi connectivity index (χ0n) is 17.5. The molecule has 170 valence electrons. The Hall–Kier alpha value is -3.82. The first-order valence-electron chi connectivity index (χ1n) is 10.1. The maximum atomic E-state index is 13.7. The van der Waals surface area contributed by atoms with Crippen LogP contribution in [0.3, 0.4) is 0 Å². The fourth-order valence-electron chi connectivity index (χ4n) is 3.45. The van der Waals surface area contributed by atoms with Gasteiger partial charge in [0.2, 0.25) is 0 Å². The minimum atomic E-state index is -4.35. The van der Waals surface area contributed by atoms with Crippen LogP contribution in [-0.4, -0.2) is 38.4 Å². The third-order valence-electron chi connectivity index (χ3n) is 5.06. The first kappa shape index (κ1) is 22.4. The lowest BCUT2D eigenvalue weighted by Crippen LogP contribution is -2.12. The van der Waals surface area contributed by atoms with Crippen LogP contribution in [0, 0.1) is 5.82 Å². The molecule has 0 saturated heterocycles. The molecule has 1 aromatic carbocycles. The number of imidazole rings is 1. The largest absolute Gasteiger partial charge is 0.389 e. The van der Waals surface area contributed by atoms with Crippen LogP contribution in [0.5, 0.6) is 0 Å². The van der Waals surface area contributed by atoms with Gasteiger partial charge in [-0.05, 0) is 23.8 Å². The van der Waals surface area contributed by atoms with E-state index in [1.807, 2.05) is 10.5 Å². The Balaban J connectivity index is 1.58. The van der Waals surface area contributed by atoms with Gasteiger partial charge in [0.15, 0.2) is 17.5 Å². The number of alkyl halides is 3. The lowest BCUT2D eigenvalue weighted by Gasteiger charge is -2.08. The topological polar surface area (TPSA) is 72.2 Å². The normalized spacial score (nSPS) is 11.7. The van der Waals surface area contributed by atoms with E-state index in [1.54, 1.807) is 49.8 Å².